The van der Waals surface area contributed by atoms with E-state index in [1.165, 1.54) is 11.4 Å². The second-order valence-corrected chi connectivity index (χ2v) is 6.70. The molecule has 0 aliphatic rings. The summed E-state index contributed by atoms with van der Waals surface area (Å²) in [6.07, 6.45) is 0. The summed E-state index contributed by atoms with van der Waals surface area (Å²) < 4.78 is 36.3. The Bertz CT molecular complexity index is 691. The van der Waals surface area contributed by atoms with E-state index in [4.69, 9.17) is 9.05 Å². The van der Waals surface area contributed by atoms with E-state index in [0.29, 0.717) is 17.1 Å². The molecule has 20 heavy (non-hydrogen) atoms. The van der Waals surface area contributed by atoms with Crippen molar-refractivity contribution >= 4 is 10.0 Å². The lowest BCUT2D eigenvalue weighted by molar-refractivity contribution is 0.388. The summed E-state index contributed by atoms with van der Waals surface area (Å²) in [5.74, 6) is 0.899. The third-order valence-corrected chi connectivity index (χ3v) is 5.25. The third-order valence-electron chi connectivity index (χ3n) is 3.20. The summed E-state index contributed by atoms with van der Waals surface area (Å²) >= 11 is 0. The summed E-state index contributed by atoms with van der Waals surface area (Å²) in [7, 11) is -2.15. The first kappa shape index (κ1) is 14.7. The van der Waals surface area contributed by atoms with E-state index in [1.54, 1.807) is 27.7 Å². The van der Waals surface area contributed by atoms with Gasteiger partial charge in [-0.1, -0.05) is 10.3 Å². The maximum atomic E-state index is 12.6. The lowest BCUT2D eigenvalue weighted by Gasteiger charge is -2.16. The smallest absolute Gasteiger partial charge is 0.248 e. The SMILES string of the molecule is Cc1noc(C)c1CN(C)S(=O)(=O)c1c(C)noc1C. The monoisotopic (exact) mass is 299 g/mol. The van der Waals surface area contributed by atoms with Crippen molar-refractivity contribution in [1.29, 1.82) is 0 Å². The van der Waals surface area contributed by atoms with Crippen LogP contribution < -0.4 is 0 Å². The molecule has 0 radical (unpaired) electrons. The van der Waals surface area contributed by atoms with Crippen LogP contribution in [0.1, 0.15) is 28.5 Å². The number of nitrogens with zero attached hydrogens (tertiary/aromatic N) is 3. The maximum absolute atomic E-state index is 12.6. The fourth-order valence-corrected chi connectivity index (χ4v) is 3.46. The first-order chi connectivity index (χ1) is 9.25. The Balaban J connectivity index is 2.36. The maximum Gasteiger partial charge on any atom is 0.248 e. The standard InChI is InChI=1S/C12H17N3O4S/c1-7-11(9(3)18-13-7)6-15(5)20(16,17)12-8(2)14-19-10(12)4/h6H2,1-5H3. The summed E-state index contributed by atoms with van der Waals surface area (Å²) in [5, 5.41) is 7.51. The van der Waals surface area contributed by atoms with Crippen LogP contribution in [0.3, 0.4) is 0 Å². The summed E-state index contributed by atoms with van der Waals surface area (Å²) in [5.41, 5.74) is 1.80. The summed E-state index contributed by atoms with van der Waals surface area (Å²) in [6.45, 7) is 6.91. The molecule has 2 rings (SSSR count). The van der Waals surface area contributed by atoms with Crippen molar-refractivity contribution in [2.24, 2.45) is 0 Å². The molecule has 0 fully saturated rings. The molecule has 0 saturated carbocycles. The molecule has 0 N–H and O–H groups in total. The number of sulfonamides is 1. The molecule has 2 aromatic rings. The fraction of sp³-hybridized carbons (Fsp3) is 0.500. The molecule has 0 bridgehead atoms. The lowest BCUT2D eigenvalue weighted by atomic mass is 10.2. The molecule has 7 nitrogen and oxygen atoms in total. The molecule has 110 valence electrons. The summed E-state index contributed by atoms with van der Waals surface area (Å²) in [6, 6.07) is 0. The zero-order valence-corrected chi connectivity index (χ0v) is 12.9. The van der Waals surface area contributed by atoms with E-state index >= 15 is 0 Å². The zero-order valence-electron chi connectivity index (χ0n) is 12.1. The highest BCUT2D eigenvalue weighted by Crippen LogP contribution is 2.24. The van der Waals surface area contributed by atoms with Gasteiger partial charge in [0.15, 0.2) is 5.76 Å². The molecule has 8 heteroatoms. The highest BCUT2D eigenvalue weighted by Gasteiger charge is 2.29. The number of aromatic nitrogens is 2. The lowest BCUT2D eigenvalue weighted by Crippen LogP contribution is -2.27. The topological polar surface area (TPSA) is 89.4 Å². The van der Waals surface area contributed by atoms with Gasteiger partial charge in [0.1, 0.15) is 16.3 Å². The van der Waals surface area contributed by atoms with E-state index < -0.39 is 10.0 Å². The van der Waals surface area contributed by atoms with E-state index in [9.17, 15) is 8.42 Å². The van der Waals surface area contributed by atoms with Gasteiger partial charge in [0.25, 0.3) is 0 Å². The van der Waals surface area contributed by atoms with Gasteiger partial charge in [-0.15, -0.1) is 0 Å². The fourth-order valence-electron chi connectivity index (χ4n) is 2.03. The molecule has 2 heterocycles. The minimum Gasteiger partial charge on any atom is -0.361 e. The first-order valence-electron chi connectivity index (χ1n) is 6.06. The second kappa shape index (κ2) is 5.02. The Morgan fingerprint density at radius 3 is 2.00 bits per heavy atom. The van der Waals surface area contributed by atoms with Gasteiger partial charge >= 0.3 is 0 Å². The van der Waals surface area contributed by atoms with Crippen LogP contribution >= 0.6 is 0 Å². The quantitative estimate of drug-likeness (QED) is 0.854. The van der Waals surface area contributed by atoms with Crippen molar-refractivity contribution in [2.75, 3.05) is 7.05 Å². The Kier molecular flexibility index (Phi) is 3.70. The predicted octanol–water partition coefficient (Wildman–Crippen LogP) is 1.72. The van der Waals surface area contributed by atoms with Gasteiger partial charge in [0.2, 0.25) is 10.0 Å². The molecular weight excluding hydrogens is 282 g/mol. The van der Waals surface area contributed by atoms with E-state index in [2.05, 4.69) is 10.3 Å². The number of hydrogen-bond donors (Lipinski definition) is 0. The molecule has 0 aliphatic heterocycles. The van der Waals surface area contributed by atoms with Crippen LogP contribution in [0.2, 0.25) is 0 Å². The van der Waals surface area contributed by atoms with Crippen LogP contribution in [0.25, 0.3) is 0 Å². The Morgan fingerprint density at radius 2 is 1.55 bits per heavy atom. The average Bonchev–Trinajstić information content (AvgIpc) is 2.86. The van der Waals surface area contributed by atoms with Gasteiger partial charge in [0, 0.05) is 19.2 Å². The van der Waals surface area contributed by atoms with Crippen LogP contribution in [0, 0.1) is 27.7 Å². The van der Waals surface area contributed by atoms with Gasteiger partial charge in [0.05, 0.1) is 5.69 Å². The van der Waals surface area contributed by atoms with Crippen molar-refractivity contribution in [3.63, 3.8) is 0 Å². The zero-order chi connectivity index (χ0) is 15.1. The number of hydrogen-bond acceptors (Lipinski definition) is 6. The van der Waals surface area contributed by atoms with Gasteiger partial charge in [-0.05, 0) is 27.7 Å². The van der Waals surface area contributed by atoms with Gasteiger partial charge in [-0.2, -0.15) is 4.31 Å². The molecule has 0 aliphatic carbocycles. The molecule has 0 saturated heterocycles. The van der Waals surface area contributed by atoms with Crippen LogP contribution in [0.5, 0.6) is 0 Å². The molecule has 0 amide bonds. The minimum absolute atomic E-state index is 0.117. The van der Waals surface area contributed by atoms with Gasteiger partial charge < -0.3 is 9.05 Å². The number of aryl methyl sites for hydroxylation is 4. The largest absolute Gasteiger partial charge is 0.361 e. The van der Waals surface area contributed by atoms with Crippen LogP contribution in [0.4, 0.5) is 0 Å². The minimum atomic E-state index is -3.66. The highest BCUT2D eigenvalue weighted by atomic mass is 32.2. The van der Waals surface area contributed by atoms with Crippen LogP contribution in [-0.4, -0.2) is 30.1 Å². The third kappa shape index (κ3) is 2.36. The van der Waals surface area contributed by atoms with Gasteiger partial charge in [-0.3, -0.25) is 0 Å². The predicted molar refractivity (Wildman–Crippen MR) is 70.6 cm³/mol. The van der Waals surface area contributed by atoms with E-state index in [1.807, 2.05) is 0 Å². The molecule has 2 aromatic heterocycles. The Labute approximate surface area is 117 Å². The van der Waals surface area contributed by atoms with Crippen LogP contribution in [0.15, 0.2) is 13.9 Å². The first-order valence-corrected chi connectivity index (χ1v) is 7.50. The number of rotatable bonds is 4. The highest BCUT2D eigenvalue weighted by molar-refractivity contribution is 7.89. The van der Waals surface area contributed by atoms with Crippen molar-refractivity contribution in [3.05, 3.63) is 28.5 Å². The average molecular weight is 299 g/mol. The second-order valence-electron chi connectivity index (χ2n) is 4.72. The molecule has 0 spiro atoms. The van der Waals surface area contributed by atoms with Gasteiger partial charge in [-0.25, -0.2) is 8.42 Å². The van der Waals surface area contributed by atoms with E-state index in [0.717, 1.165) is 5.56 Å². The molecule has 0 unspecified atom stereocenters. The van der Waals surface area contributed by atoms with Crippen LogP contribution in [-0.2, 0) is 16.6 Å². The molecule has 0 aromatic carbocycles. The summed E-state index contributed by atoms with van der Waals surface area (Å²) in [4.78, 5) is 0.117. The van der Waals surface area contributed by atoms with Crippen molar-refractivity contribution in [3.8, 4) is 0 Å². The normalized spacial score (nSPS) is 12.3. The Morgan fingerprint density at radius 1 is 1.00 bits per heavy atom. The van der Waals surface area contributed by atoms with Crippen molar-refractivity contribution < 1.29 is 17.5 Å². The van der Waals surface area contributed by atoms with Crippen molar-refractivity contribution in [2.45, 2.75) is 39.1 Å². The Hall–Kier alpha value is -1.67. The van der Waals surface area contributed by atoms with E-state index in [-0.39, 0.29) is 17.2 Å². The molecule has 0 atom stereocenters. The van der Waals surface area contributed by atoms with Crippen molar-refractivity contribution in [1.82, 2.24) is 14.6 Å². The molecular formula is C12H17N3O4S.